The molecule has 35 heavy (non-hydrogen) atoms. The minimum atomic E-state index is -0.570. The summed E-state index contributed by atoms with van der Waals surface area (Å²) in [7, 11) is 0. The maximum atomic E-state index is 13.5. The summed E-state index contributed by atoms with van der Waals surface area (Å²) in [5, 5.41) is 6.78. The first-order valence-electron chi connectivity index (χ1n) is 12.1. The van der Waals surface area contributed by atoms with Gasteiger partial charge in [0.2, 0.25) is 0 Å². The van der Waals surface area contributed by atoms with Gasteiger partial charge >= 0.3 is 0 Å². The summed E-state index contributed by atoms with van der Waals surface area (Å²) in [6.07, 6.45) is 3.75. The molecule has 1 aliphatic rings. The van der Waals surface area contributed by atoms with Gasteiger partial charge < -0.3 is 16.4 Å². The Balaban J connectivity index is 1.77. The summed E-state index contributed by atoms with van der Waals surface area (Å²) in [6, 6.07) is 12.0. The minimum absolute atomic E-state index is 0.0894. The van der Waals surface area contributed by atoms with Crippen LogP contribution in [0.3, 0.4) is 0 Å². The number of nitrogens with two attached hydrogens (primary N) is 1. The van der Waals surface area contributed by atoms with Gasteiger partial charge in [0.05, 0.1) is 5.71 Å². The van der Waals surface area contributed by atoms with Crippen LogP contribution in [0.1, 0.15) is 44.4 Å². The van der Waals surface area contributed by atoms with Crippen LogP contribution < -0.4 is 16.4 Å². The SMILES string of the molecule is CC(C)=C(N=C(C=CN)c1cccc(CN2CCNCC2(C)C)c1)NCCc1cc(F)cc(F)c1. The standard InChI is InChI=1S/C28H37F2N5/c1-20(2)27(33-11-9-21-15-24(29)17-25(30)16-21)34-26(8-10-31)23-7-5-6-22(14-23)18-35-13-12-32-19-28(35,3)4/h5-8,10,14-17,32-33H,9,11-13,18-19,31H2,1-4H3. The molecule has 3 rings (SSSR count). The molecule has 0 aromatic heterocycles. The monoisotopic (exact) mass is 481 g/mol. The highest BCUT2D eigenvalue weighted by atomic mass is 19.1. The van der Waals surface area contributed by atoms with Gasteiger partial charge in [0.25, 0.3) is 0 Å². The number of halogens is 2. The Morgan fingerprint density at radius 1 is 1.14 bits per heavy atom. The highest BCUT2D eigenvalue weighted by Crippen LogP contribution is 2.20. The average Bonchev–Trinajstić information content (AvgIpc) is 2.78. The van der Waals surface area contributed by atoms with Crippen molar-refractivity contribution in [1.82, 2.24) is 15.5 Å². The lowest BCUT2D eigenvalue weighted by molar-refractivity contribution is 0.0827. The number of hydrogen-bond donors (Lipinski definition) is 3. The molecule has 1 fully saturated rings. The van der Waals surface area contributed by atoms with E-state index >= 15 is 0 Å². The molecule has 0 unspecified atom stereocenters. The molecule has 188 valence electrons. The van der Waals surface area contributed by atoms with Gasteiger partial charge in [-0.25, -0.2) is 13.8 Å². The van der Waals surface area contributed by atoms with E-state index < -0.39 is 11.6 Å². The maximum absolute atomic E-state index is 13.5. The molecule has 0 bridgehead atoms. The largest absolute Gasteiger partial charge is 0.405 e. The molecule has 1 aliphatic heterocycles. The van der Waals surface area contributed by atoms with Crippen molar-refractivity contribution >= 4 is 5.71 Å². The van der Waals surface area contributed by atoms with E-state index in [-0.39, 0.29) is 5.54 Å². The Morgan fingerprint density at radius 2 is 1.89 bits per heavy atom. The first-order chi connectivity index (χ1) is 16.7. The van der Waals surface area contributed by atoms with Crippen LogP contribution >= 0.6 is 0 Å². The van der Waals surface area contributed by atoms with Gasteiger partial charge in [0.15, 0.2) is 0 Å². The molecular formula is C28H37F2N5. The Morgan fingerprint density at radius 3 is 2.54 bits per heavy atom. The predicted molar refractivity (Wildman–Crippen MR) is 140 cm³/mol. The third-order valence-corrected chi connectivity index (χ3v) is 6.16. The number of rotatable bonds is 9. The molecule has 2 aromatic carbocycles. The smallest absolute Gasteiger partial charge is 0.126 e. The lowest BCUT2D eigenvalue weighted by Crippen LogP contribution is -2.57. The number of nitrogens with one attached hydrogen (secondary N) is 2. The van der Waals surface area contributed by atoms with Crippen LogP contribution in [0.15, 0.2) is 71.1 Å². The zero-order chi connectivity index (χ0) is 25.4. The first kappa shape index (κ1) is 26.6. The van der Waals surface area contributed by atoms with Crippen molar-refractivity contribution in [2.45, 2.75) is 46.2 Å². The van der Waals surface area contributed by atoms with Crippen LogP contribution in [0.2, 0.25) is 0 Å². The fraction of sp³-hybridized carbons (Fsp3) is 0.393. The molecule has 0 aliphatic carbocycles. The maximum Gasteiger partial charge on any atom is 0.126 e. The molecule has 0 atom stereocenters. The van der Waals surface area contributed by atoms with E-state index in [1.807, 2.05) is 26.0 Å². The summed E-state index contributed by atoms with van der Waals surface area (Å²) < 4.78 is 27.0. The fourth-order valence-electron chi connectivity index (χ4n) is 4.18. The van der Waals surface area contributed by atoms with Crippen LogP contribution in [0.4, 0.5) is 8.78 Å². The molecule has 2 aromatic rings. The van der Waals surface area contributed by atoms with Gasteiger partial charge in [-0.3, -0.25) is 4.90 Å². The van der Waals surface area contributed by atoms with Crippen molar-refractivity contribution in [3.8, 4) is 0 Å². The molecule has 5 nitrogen and oxygen atoms in total. The Kier molecular flexibility index (Phi) is 9.18. The van der Waals surface area contributed by atoms with Crippen LogP contribution in [0, 0.1) is 11.6 Å². The van der Waals surface area contributed by atoms with Crippen molar-refractivity contribution in [2.75, 3.05) is 26.2 Å². The van der Waals surface area contributed by atoms with Gasteiger partial charge in [0.1, 0.15) is 17.5 Å². The molecule has 7 heteroatoms. The Hall–Kier alpha value is -3.03. The normalized spacial score (nSPS) is 16.5. The number of piperazine rings is 1. The fourth-order valence-corrected chi connectivity index (χ4v) is 4.18. The van der Waals surface area contributed by atoms with Crippen LogP contribution in [-0.4, -0.2) is 42.3 Å². The molecule has 1 heterocycles. The summed E-state index contributed by atoms with van der Waals surface area (Å²) >= 11 is 0. The molecule has 0 radical (unpaired) electrons. The molecule has 0 saturated carbocycles. The number of nitrogens with zero attached hydrogens (tertiary/aromatic N) is 2. The van der Waals surface area contributed by atoms with Gasteiger partial charge in [-0.2, -0.15) is 0 Å². The van der Waals surface area contributed by atoms with E-state index in [1.165, 1.54) is 23.9 Å². The van der Waals surface area contributed by atoms with Gasteiger partial charge in [0, 0.05) is 49.9 Å². The summed E-state index contributed by atoms with van der Waals surface area (Å²) in [6.45, 7) is 12.8. The second-order valence-electron chi connectivity index (χ2n) is 9.77. The van der Waals surface area contributed by atoms with E-state index in [9.17, 15) is 8.78 Å². The summed E-state index contributed by atoms with van der Waals surface area (Å²) in [4.78, 5) is 7.36. The number of hydrogen-bond acceptors (Lipinski definition) is 5. The van der Waals surface area contributed by atoms with Gasteiger partial charge in [-0.15, -0.1) is 0 Å². The lowest BCUT2D eigenvalue weighted by atomic mass is 9.98. The zero-order valence-electron chi connectivity index (χ0n) is 21.2. The van der Waals surface area contributed by atoms with Crippen molar-refractivity contribution in [1.29, 1.82) is 0 Å². The van der Waals surface area contributed by atoms with Crippen molar-refractivity contribution in [3.05, 3.63) is 94.5 Å². The highest BCUT2D eigenvalue weighted by molar-refractivity contribution is 6.09. The van der Waals surface area contributed by atoms with Crippen LogP contribution in [-0.2, 0) is 13.0 Å². The van der Waals surface area contributed by atoms with Gasteiger partial charge in [-0.1, -0.05) is 18.2 Å². The van der Waals surface area contributed by atoms with Crippen molar-refractivity contribution < 1.29 is 8.78 Å². The first-order valence-corrected chi connectivity index (χ1v) is 12.1. The average molecular weight is 482 g/mol. The van der Waals surface area contributed by atoms with E-state index in [1.54, 1.807) is 6.08 Å². The van der Waals surface area contributed by atoms with Crippen LogP contribution in [0.5, 0.6) is 0 Å². The molecule has 0 amide bonds. The quantitative estimate of drug-likeness (QED) is 0.462. The predicted octanol–water partition coefficient (Wildman–Crippen LogP) is 4.49. The Labute approximate surface area is 207 Å². The summed E-state index contributed by atoms with van der Waals surface area (Å²) in [5.74, 6) is -0.427. The second-order valence-corrected chi connectivity index (χ2v) is 9.77. The van der Waals surface area contributed by atoms with Crippen molar-refractivity contribution in [3.63, 3.8) is 0 Å². The Bertz CT molecular complexity index is 1080. The second kappa shape index (κ2) is 12.1. The van der Waals surface area contributed by atoms with E-state index in [4.69, 9.17) is 10.7 Å². The third-order valence-electron chi connectivity index (χ3n) is 6.16. The highest BCUT2D eigenvalue weighted by Gasteiger charge is 2.29. The van der Waals surface area contributed by atoms with E-state index in [2.05, 4.69) is 41.5 Å². The number of benzene rings is 2. The zero-order valence-corrected chi connectivity index (χ0v) is 21.2. The number of aliphatic imine (C=N–C) groups is 1. The topological polar surface area (TPSA) is 65.7 Å². The summed E-state index contributed by atoms with van der Waals surface area (Å²) in [5.41, 5.74) is 10.4. The van der Waals surface area contributed by atoms with Crippen molar-refractivity contribution in [2.24, 2.45) is 10.7 Å². The molecule has 4 N–H and O–H groups in total. The molecule has 1 saturated heterocycles. The third kappa shape index (κ3) is 7.73. The van der Waals surface area contributed by atoms with Crippen LogP contribution in [0.25, 0.3) is 0 Å². The lowest BCUT2D eigenvalue weighted by Gasteiger charge is -2.43. The minimum Gasteiger partial charge on any atom is -0.405 e. The number of allylic oxidation sites excluding steroid dienone is 2. The molecule has 0 spiro atoms. The van der Waals surface area contributed by atoms with E-state index in [0.717, 1.165) is 49.1 Å². The van der Waals surface area contributed by atoms with E-state index in [0.29, 0.717) is 24.4 Å². The molecular weight excluding hydrogens is 444 g/mol. The van der Waals surface area contributed by atoms with Gasteiger partial charge in [-0.05, 0) is 81.3 Å².